The SMILES string of the molecule is O=C(C(c1ccccc1)N1CCCC(c2nnc3n2CCCCC3)C1)N1CCCC1. The van der Waals surface area contributed by atoms with Gasteiger partial charge in [-0.2, -0.15) is 0 Å². The maximum atomic E-state index is 13.6. The van der Waals surface area contributed by atoms with E-state index >= 15 is 0 Å². The number of benzene rings is 1. The molecule has 1 aromatic carbocycles. The van der Waals surface area contributed by atoms with Crippen LogP contribution in [0.3, 0.4) is 0 Å². The summed E-state index contributed by atoms with van der Waals surface area (Å²) >= 11 is 0. The highest BCUT2D eigenvalue weighted by Crippen LogP contribution is 2.34. The Morgan fingerprint density at radius 2 is 1.70 bits per heavy atom. The minimum atomic E-state index is -0.182. The lowest BCUT2D eigenvalue weighted by atomic mass is 9.93. The van der Waals surface area contributed by atoms with Gasteiger partial charge in [-0.05, 0) is 50.6 Å². The van der Waals surface area contributed by atoms with Crippen LogP contribution < -0.4 is 0 Å². The highest BCUT2D eigenvalue weighted by molar-refractivity contribution is 5.83. The maximum Gasteiger partial charge on any atom is 0.244 e. The first-order chi connectivity index (χ1) is 14.8. The third-order valence-electron chi connectivity index (χ3n) is 7.09. The zero-order valence-corrected chi connectivity index (χ0v) is 17.9. The van der Waals surface area contributed by atoms with E-state index in [1.54, 1.807) is 0 Å². The van der Waals surface area contributed by atoms with Crippen molar-refractivity contribution < 1.29 is 4.79 Å². The second-order valence-electron chi connectivity index (χ2n) is 9.12. The van der Waals surface area contributed by atoms with Crippen LogP contribution in [0.2, 0.25) is 0 Å². The number of likely N-dealkylation sites (tertiary alicyclic amines) is 2. The monoisotopic (exact) mass is 407 g/mol. The van der Waals surface area contributed by atoms with Crippen molar-refractivity contribution in [2.45, 2.75) is 69.9 Å². The van der Waals surface area contributed by atoms with Crippen LogP contribution in [0, 0.1) is 0 Å². The molecule has 0 N–H and O–H groups in total. The molecule has 4 heterocycles. The third kappa shape index (κ3) is 3.89. The number of carbonyl (C=O) groups is 1. The van der Waals surface area contributed by atoms with E-state index in [0.717, 1.165) is 82.0 Å². The van der Waals surface area contributed by atoms with Gasteiger partial charge in [-0.3, -0.25) is 9.69 Å². The number of rotatable bonds is 4. The number of nitrogens with zero attached hydrogens (tertiary/aromatic N) is 5. The van der Waals surface area contributed by atoms with E-state index < -0.39 is 0 Å². The Balaban J connectivity index is 1.41. The number of aryl methyl sites for hydroxylation is 1. The summed E-state index contributed by atoms with van der Waals surface area (Å²) < 4.78 is 2.39. The molecule has 160 valence electrons. The fraction of sp³-hybridized carbons (Fsp3) is 0.625. The first-order valence-electron chi connectivity index (χ1n) is 11.8. The minimum Gasteiger partial charge on any atom is -0.341 e. The molecule has 1 amide bonds. The molecule has 6 nitrogen and oxygen atoms in total. The first-order valence-corrected chi connectivity index (χ1v) is 11.8. The van der Waals surface area contributed by atoms with Gasteiger partial charge in [-0.1, -0.05) is 36.8 Å². The van der Waals surface area contributed by atoms with Crippen LogP contribution in [0.5, 0.6) is 0 Å². The van der Waals surface area contributed by atoms with E-state index in [4.69, 9.17) is 0 Å². The van der Waals surface area contributed by atoms with Crippen molar-refractivity contribution in [1.29, 1.82) is 0 Å². The van der Waals surface area contributed by atoms with Gasteiger partial charge in [0.05, 0.1) is 0 Å². The summed E-state index contributed by atoms with van der Waals surface area (Å²) in [5, 5.41) is 9.18. The molecule has 2 atom stereocenters. The van der Waals surface area contributed by atoms with Gasteiger partial charge >= 0.3 is 0 Å². The second-order valence-corrected chi connectivity index (χ2v) is 9.12. The molecule has 30 heavy (non-hydrogen) atoms. The molecule has 0 aliphatic carbocycles. The summed E-state index contributed by atoms with van der Waals surface area (Å²) in [6.45, 7) is 4.70. The van der Waals surface area contributed by atoms with E-state index in [2.05, 4.69) is 48.8 Å². The minimum absolute atomic E-state index is 0.182. The fourth-order valence-electron chi connectivity index (χ4n) is 5.52. The maximum absolute atomic E-state index is 13.6. The molecule has 2 unspecified atom stereocenters. The summed E-state index contributed by atoms with van der Waals surface area (Å²) in [5.74, 6) is 2.94. The molecule has 3 aliphatic heterocycles. The Labute approximate surface area is 179 Å². The van der Waals surface area contributed by atoms with Crippen molar-refractivity contribution in [2.75, 3.05) is 26.2 Å². The Kier molecular flexibility index (Phi) is 5.84. The highest BCUT2D eigenvalue weighted by Gasteiger charge is 2.36. The Morgan fingerprint density at radius 1 is 0.900 bits per heavy atom. The van der Waals surface area contributed by atoms with Crippen molar-refractivity contribution in [3.8, 4) is 0 Å². The van der Waals surface area contributed by atoms with Gasteiger partial charge in [0.15, 0.2) is 0 Å². The molecule has 0 saturated carbocycles. The van der Waals surface area contributed by atoms with Crippen molar-refractivity contribution >= 4 is 5.91 Å². The molecule has 0 spiro atoms. The molecule has 0 radical (unpaired) electrons. The number of fused-ring (bicyclic) bond motifs is 1. The third-order valence-corrected chi connectivity index (χ3v) is 7.09. The van der Waals surface area contributed by atoms with Crippen LogP contribution in [0.15, 0.2) is 30.3 Å². The molecular formula is C24H33N5O. The van der Waals surface area contributed by atoms with Crippen LogP contribution in [0.1, 0.15) is 74.1 Å². The van der Waals surface area contributed by atoms with Crippen molar-refractivity contribution in [2.24, 2.45) is 0 Å². The molecular weight excluding hydrogens is 374 g/mol. The van der Waals surface area contributed by atoms with Gasteiger partial charge in [-0.15, -0.1) is 10.2 Å². The van der Waals surface area contributed by atoms with Crippen LogP contribution in [0.25, 0.3) is 0 Å². The number of piperidine rings is 1. The Bertz CT molecular complexity index is 858. The lowest BCUT2D eigenvalue weighted by Crippen LogP contribution is -2.46. The summed E-state index contributed by atoms with van der Waals surface area (Å²) in [5.41, 5.74) is 1.12. The second kappa shape index (κ2) is 8.88. The standard InChI is InChI=1S/C24H33N5O/c30-24(27-14-7-8-15-27)22(19-10-3-1-4-11-19)28-16-9-12-20(18-28)23-26-25-21-13-5-2-6-17-29(21)23/h1,3-4,10-11,20,22H,2,5-9,12-18H2. The lowest BCUT2D eigenvalue weighted by Gasteiger charge is -2.39. The molecule has 0 bridgehead atoms. The van der Waals surface area contributed by atoms with Crippen molar-refractivity contribution in [3.63, 3.8) is 0 Å². The van der Waals surface area contributed by atoms with Gasteiger partial charge in [-0.25, -0.2) is 0 Å². The van der Waals surface area contributed by atoms with Crippen molar-refractivity contribution in [3.05, 3.63) is 47.5 Å². The predicted octanol–water partition coefficient (Wildman–Crippen LogP) is 3.55. The lowest BCUT2D eigenvalue weighted by molar-refractivity contribution is -0.136. The molecule has 6 heteroatoms. The summed E-state index contributed by atoms with van der Waals surface area (Å²) in [6, 6.07) is 10.2. The average Bonchev–Trinajstić information content (AvgIpc) is 3.41. The number of amides is 1. The summed E-state index contributed by atoms with van der Waals surface area (Å²) in [6.07, 6.45) is 9.24. The van der Waals surface area contributed by atoms with Gasteiger partial charge in [0.2, 0.25) is 5.91 Å². The molecule has 1 aromatic heterocycles. The molecule has 5 rings (SSSR count). The molecule has 2 saturated heterocycles. The topological polar surface area (TPSA) is 54.3 Å². The Hall–Kier alpha value is -2.21. The smallest absolute Gasteiger partial charge is 0.244 e. The fourth-order valence-corrected chi connectivity index (χ4v) is 5.52. The van der Waals surface area contributed by atoms with E-state index in [-0.39, 0.29) is 11.9 Å². The Morgan fingerprint density at radius 3 is 2.53 bits per heavy atom. The van der Waals surface area contributed by atoms with Crippen molar-refractivity contribution in [1.82, 2.24) is 24.6 Å². The van der Waals surface area contributed by atoms with E-state index in [1.165, 1.54) is 19.3 Å². The van der Waals surface area contributed by atoms with Crippen LogP contribution in [-0.4, -0.2) is 56.7 Å². The first kappa shape index (κ1) is 19.7. The van der Waals surface area contributed by atoms with Gasteiger partial charge in [0, 0.05) is 38.5 Å². The van der Waals surface area contributed by atoms with Gasteiger partial charge < -0.3 is 9.47 Å². The highest BCUT2D eigenvalue weighted by atomic mass is 16.2. The molecule has 3 aliphatic rings. The number of hydrogen-bond acceptors (Lipinski definition) is 4. The normalized spacial score (nSPS) is 23.7. The van der Waals surface area contributed by atoms with E-state index in [1.807, 2.05) is 6.07 Å². The number of hydrogen-bond donors (Lipinski definition) is 0. The van der Waals surface area contributed by atoms with Gasteiger partial charge in [0.1, 0.15) is 17.7 Å². The summed E-state index contributed by atoms with van der Waals surface area (Å²) in [4.78, 5) is 18.1. The average molecular weight is 408 g/mol. The van der Waals surface area contributed by atoms with Crippen LogP contribution in [0.4, 0.5) is 0 Å². The molecule has 2 fully saturated rings. The van der Waals surface area contributed by atoms with E-state index in [0.29, 0.717) is 5.92 Å². The number of aromatic nitrogens is 3. The zero-order valence-electron chi connectivity index (χ0n) is 17.9. The predicted molar refractivity (Wildman–Crippen MR) is 116 cm³/mol. The van der Waals surface area contributed by atoms with Gasteiger partial charge in [0.25, 0.3) is 0 Å². The largest absolute Gasteiger partial charge is 0.341 e. The number of carbonyl (C=O) groups excluding carboxylic acids is 1. The quantitative estimate of drug-likeness (QED) is 0.778. The summed E-state index contributed by atoms with van der Waals surface area (Å²) in [7, 11) is 0. The van der Waals surface area contributed by atoms with Crippen LogP contribution in [-0.2, 0) is 17.8 Å². The molecule has 2 aromatic rings. The van der Waals surface area contributed by atoms with Crippen LogP contribution >= 0.6 is 0 Å². The zero-order chi connectivity index (χ0) is 20.3. The van der Waals surface area contributed by atoms with E-state index in [9.17, 15) is 4.79 Å².